The molecule has 2 saturated carbocycles. The number of rotatable bonds is 16. The Kier molecular flexibility index (Phi) is 15.2. The third kappa shape index (κ3) is 12.4. The van der Waals surface area contributed by atoms with Crippen molar-refractivity contribution >= 4 is 35.0 Å². The van der Waals surface area contributed by atoms with E-state index in [2.05, 4.69) is 9.97 Å². The van der Waals surface area contributed by atoms with Crippen molar-refractivity contribution in [1.29, 1.82) is 0 Å². The van der Waals surface area contributed by atoms with Gasteiger partial charge >= 0.3 is 0 Å². The Bertz CT molecular complexity index is 2180. The van der Waals surface area contributed by atoms with Gasteiger partial charge in [-0.15, -0.1) is 0 Å². The molecule has 0 radical (unpaired) electrons. The zero-order valence-corrected chi connectivity index (χ0v) is 36.6. The predicted octanol–water partition coefficient (Wildman–Crippen LogP) is 13.1. The smallest absolute Gasteiger partial charge is 0.224 e. The minimum absolute atomic E-state index is 0.00723. The fraction of sp³-hybridized carbons (Fsp3) is 0.308. The molecule has 4 atom stereocenters. The summed E-state index contributed by atoms with van der Waals surface area (Å²) in [5.74, 6) is 0.480. The Hall–Kier alpha value is -5.44. The van der Waals surface area contributed by atoms with E-state index in [0.29, 0.717) is 47.8 Å². The van der Waals surface area contributed by atoms with Crippen LogP contribution in [0, 0.1) is 23.5 Å². The van der Waals surface area contributed by atoms with Gasteiger partial charge in [0, 0.05) is 35.3 Å². The van der Waals surface area contributed by atoms with Gasteiger partial charge in [-0.2, -0.15) is 0 Å². The molecule has 2 amide bonds. The van der Waals surface area contributed by atoms with Crippen LogP contribution in [0.3, 0.4) is 0 Å². The lowest BCUT2D eigenvalue weighted by atomic mass is 9.95. The van der Waals surface area contributed by atoms with Gasteiger partial charge in [0.05, 0.1) is 36.6 Å². The zero-order chi connectivity index (χ0) is 43.6. The molecule has 0 spiro atoms. The van der Waals surface area contributed by atoms with Crippen LogP contribution in [0.2, 0.25) is 10.0 Å². The maximum atomic E-state index is 13.6. The summed E-state index contributed by atoms with van der Waals surface area (Å²) >= 11 is 12.2. The average Bonchev–Trinajstić information content (AvgIpc) is 4.23. The number of nitrogens with zero attached hydrogens (tertiary/aromatic N) is 4. The molecule has 6 nitrogen and oxygen atoms in total. The quantitative estimate of drug-likeness (QED) is 0.0972. The van der Waals surface area contributed by atoms with Crippen molar-refractivity contribution in [1.82, 2.24) is 19.8 Å². The van der Waals surface area contributed by atoms with Crippen molar-refractivity contribution in [2.75, 3.05) is 0 Å². The van der Waals surface area contributed by atoms with Crippen LogP contribution >= 0.6 is 23.2 Å². The van der Waals surface area contributed by atoms with Crippen LogP contribution in [-0.4, -0.2) is 31.6 Å². The topological polar surface area (TPSA) is 66.4 Å². The van der Waals surface area contributed by atoms with Crippen molar-refractivity contribution < 1.29 is 18.4 Å². The minimum atomic E-state index is -0.268. The Labute approximate surface area is 373 Å². The van der Waals surface area contributed by atoms with Gasteiger partial charge in [-0.3, -0.25) is 19.6 Å². The molecule has 0 bridgehead atoms. The first-order valence-corrected chi connectivity index (χ1v) is 22.2. The molecule has 0 unspecified atom stereocenters. The molecule has 62 heavy (non-hydrogen) atoms. The van der Waals surface area contributed by atoms with Crippen LogP contribution in [-0.2, 0) is 22.7 Å². The number of halogens is 4. The number of aromatic nitrogens is 2. The third-order valence-corrected chi connectivity index (χ3v) is 12.3. The van der Waals surface area contributed by atoms with E-state index >= 15 is 0 Å². The van der Waals surface area contributed by atoms with Crippen LogP contribution in [0.4, 0.5) is 8.78 Å². The van der Waals surface area contributed by atoms with Gasteiger partial charge in [0.1, 0.15) is 11.6 Å². The lowest BCUT2D eigenvalue weighted by Crippen LogP contribution is -2.36. The lowest BCUT2D eigenvalue weighted by molar-refractivity contribution is -0.136. The summed E-state index contributed by atoms with van der Waals surface area (Å²) in [5.41, 5.74) is 5.86. The first-order chi connectivity index (χ1) is 30.0. The molecule has 2 aliphatic carbocycles. The molecule has 0 N–H and O–H groups in total. The number of hydrogen-bond donors (Lipinski definition) is 0. The maximum absolute atomic E-state index is 13.6. The molecule has 0 saturated heterocycles. The van der Waals surface area contributed by atoms with E-state index in [1.807, 2.05) is 109 Å². The van der Waals surface area contributed by atoms with Gasteiger partial charge in [0.15, 0.2) is 0 Å². The summed E-state index contributed by atoms with van der Waals surface area (Å²) < 4.78 is 26.6. The molecular weight excluding hydrogens is 821 g/mol. The van der Waals surface area contributed by atoms with E-state index < -0.39 is 0 Å². The maximum Gasteiger partial charge on any atom is 0.224 e. The predicted molar refractivity (Wildman–Crippen MR) is 242 cm³/mol. The Balaban J connectivity index is 0.000000186. The molecule has 10 heteroatoms. The third-order valence-electron chi connectivity index (χ3n) is 11.8. The van der Waals surface area contributed by atoms with E-state index in [4.69, 9.17) is 23.2 Å². The second kappa shape index (κ2) is 21.1. The summed E-state index contributed by atoms with van der Waals surface area (Å²) in [5, 5.41) is 1.37. The number of amides is 2. The van der Waals surface area contributed by atoms with Crippen LogP contribution in [0.5, 0.6) is 0 Å². The summed E-state index contributed by atoms with van der Waals surface area (Å²) in [4.78, 5) is 40.1. The first kappa shape index (κ1) is 44.6. The number of carbonyl (C=O) groups is 2. The van der Waals surface area contributed by atoms with E-state index in [1.54, 1.807) is 36.7 Å². The van der Waals surface area contributed by atoms with Crippen molar-refractivity contribution in [3.8, 4) is 0 Å². The van der Waals surface area contributed by atoms with Gasteiger partial charge in [-0.25, -0.2) is 8.78 Å². The van der Waals surface area contributed by atoms with Crippen molar-refractivity contribution in [3.63, 3.8) is 0 Å². The van der Waals surface area contributed by atoms with Gasteiger partial charge in [0.25, 0.3) is 0 Å². The fourth-order valence-corrected chi connectivity index (χ4v) is 8.40. The van der Waals surface area contributed by atoms with Crippen LogP contribution in [0.25, 0.3) is 0 Å². The monoisotopic (exact) mass is 872 g/mol. The van der Waals surface area contributed by atoms with Gasteiger partial charge < -0.3 is 9.80 Å². The van der Waals surface area contributed by atoms with E-state index in [9.17, 15) is 18.4 Å². The van der Waals surface area contributed by atoms with E-state index in [0.717, 1.165) is 59.3 Å². The highest BCUT2D eigenvalue weighted by Crippen LogP contribution is 2.47. The van der Waals surface area contributed by atoms with Crippen molar-refractivity contribution in [2.24, 2.45) is 11.8 Å². The minimum Gasteiger partial charge on any atom is -0.329 e. The molecule has 2 fully saturated rings. The number of hydrogen-bond acceptors (Lipinski definition) is 4. The molecular formula is C52H52Cl2F2N4O2. The number of carbonyl (C=O) groups excluding carboxylic acids is 2. The second-order valence-corrected chi connectivity index (χ2v) is 17.5. The van der Waals surface area contributed by atoms with Gasteiger partial charge in [-0.05, 0) is 144 Å². The SMILES string of the molecule is C[C@@H](CC(=O)N(Cc1ccccn1)[C@H](c1ccc(Cl)cc1)C1CC1)c1ccc(F)cc1.C[C@H](CC(=O)N(Cc1ccccn1)[C@H](c1ccc(Cl)cc1)C1CC1)c1ccc(F)cc1. The largest absolute Gasteiger partial charge is 0.329 e. The van der Waals surface area contributed by atoms with Gasteiger partial charge in [-0.1, -0.05) is 97.7 Å². The Morgan fingerprint density at radius 1 is 0.532 bits per heavy atom. The highest BCUT2D eigenvalue weighted by atomic mass is 35.5. The molecule has 2 aromatic heterocycles. The summed E-state index contributed by atoms with van der Waals surface area (Å²) in [6, 6.07) is 40.0. The summed E-state index contributed by atoms with van der Waals surface area (Å²) in [7, 11) is 0. The van der Waals surface area contributed by atoms with Gasteiger partial charge in [0.2, 0.25) is 11.8 Å². The van der Waals surface area contributed by atoms with E-state index in [1.165, 1.54) is 24.3 Å². The molecule has 6 aromatic rings. The fourth-order valence-electron chi connectivity index (χ4n) is 8.15. The first-order valence-electron chi connectivity index (χ1n) is 21.4. The Morgan fingerprint density at radius 3 is 1.18 bits per heavy atom. The van der Waals surface area contributed by atoms with Crippen molar-refractivity contribution in [3.05, 3.63) is 201 Å². The van der Waals surface area contributed by atoms with Crippen LogP contribution in [0.15, 0.2) is 146 Å². The second-order valence-electron chi connectivity index (χ2n) is 16.7. The molecule has 0 aliphatic heterocycles. The summed E-state index contributed by atoms with van der Waals surface area (Å²) in [6.07, 6.45) is 8.64. The van der Waals surface area contributed by atoms with Crippen molar-refractivity contribution in [2.45, 2.75) is 89.4 Å². The number of benzene rings is 4. The zero-order valence-electron chi connectivity index (χ0n) is 35.1. The van der Waals surface area contributed by atoms with Crippen LogP contribution in [0.1, 0.15) is 110 Å². The molecule has 2 heterocycles. The normalized spacial score (nSPS) is 15.3. The summed E-state index contributed by atoms with van der Waals surface area (Å²) in [6.45, 7) is 4.94. The van der Waals surface area contributed by atoms with Crippen LogP contribution < -0.4 is 0 Å². The molecule has 8 rings (SSSR count). The highest BCUT2D eigenvalue weighted by Gasteiger charge is 2.40. The molecule has 320 valence electrons. The standard InChI is InChI=1S/2C26H26ClFN2O/c2*1-18(19-9-13-23(28)14-10-19)16-25(31)30(17-24-4-2-3-15-29-24)26(20-5-6-20)21-7-11-22(27)12-8-21/h2*2-4,7-15,18,20,26H,5-6,16-17H2,1H3/t18-,26+;18-,26-/m10/s1. The molecule has 4 aromatic carbocycles. The Morgan fingerprint density at radius 2 is 0.871 bits per heavy atom. The highest BCUT2D eigenvalue weighted by molar-refractivity contribution is 6.30. The number of pyridine rings is 2. The lowest BCUT2D eigenvalue weighted by Gasteiger charge is -2.33. The average molecular weight is 874 g/mol. The molecule has 2 aliphatic rings. The van der Waals surface area contributed by atoms with E-state index in [-0.39, 0.29) is 47.4 Å².